The number of aryl methyl sites for hydroxylation is 1. The summed E-state index contributed by atoms with van der Waals surface area (Å²) in [5, 5.41) is 0. The molecule has 1 aromatic rings. The van der Waals surface area contributed by atoms with Crippen LogP contribution in [-0.2, 0) is 4.74 Å². The second-order valence-corrected chi connectivity index (χ2v) is 2.68. The van der Waals surface area contributed by atoms with Crippen molar-refractivity contribution >= 4 is 0 Å². The number of hydrogen-bond donors (Lipinski definition) is 0. The van der Waals surface area contributed by atoms with E-state index in [0.717, 1.165) is 6.61 Å². The topological polar surface area (TPSA) is 12.5 Å². The molecule has 0 saturated carbocycles. The zero-order chi connectivity index (χ0) is 6.97. The van der Waals surface area contributed by atoms with Gasteiger partial charge in [-0.1, -0.05) is 24.3 Å². The molecule has 0 N–H and O–H groups in total. The number of hydrogen-bond acceptors (Lipinski definition) is 1. The van der Waals surface area contributed by atoms with Crippen LogP contribution in [-0.4, -0.2) is 6.61 Å². The van der Waals surface area contributed by atoms with Crippen LogP contribution in [0.4, 0.5) is 0 Å². The van der Waals surface area contributed by atoms with Crippen molar-refractivity contribution < 1.29 is 4.74 Å². The minimum Gasteiger partial charge on any atom is -0.368 e. The van der Waals surface area contributed by atoms with E-state index in [-0.39, 0.29) is 0 Å². The van der Waals surface area contributed by atoms with Crippen LogP contribution in [0.15, 0.2) is 24.3 Å². The van der Waals surface area contributed by atoms with E-state index in [1.54, 1.807) is 0 Å². The molecule has 1 fully saturated rings. The van der Waals surface area contributed by atoms with E-state index >= 15 is 0 Å². The fourth-order valence-electron chi connectivity index (χ4n) is 1.18. The van der Waals surface area contributed by atoms with Crippen LogP contribution in [0.3, 0.4) is 0 Å². The number of ether oxygens (including phenoxy) is 1. The Morgan fingerprint density at radius 1 is 1.40 bits per heavy atom. The van der Waals surface area contributed by atoms with Gasteiger partial charge in [-0.2, -0.15) is 0 Å². The summed E-state index contributed by atoms with van der Waals surface area (Å²) in [6.45, 7) is 3.03. The van der Waals surface area contributed by atoms with E-state index in [2.05, 4.69) is 31.2 Å². The average molecular weight is 134 g/mol. The van der Waals surface area contributed by atoms with E-state index in [4.69, 9.17) is 4.74 Å². The molecule has 10 heavy (non-hydrogen) atoms. The van der Waals surface area contributed by atoms with Gasteiger partial charge in [0, 0.05) is 0 Å². The number of rotatable bonds is 1. The van der Waals surface area contributed by atoms with E-state index in [9.17, 15) is 0 Å². The molecule has 0 unspecified atom stereocenters. The van der Waals surface area contributed by atoms with E-state index in [1.165, 1.54) is 11.1 Å². The Balaban J connectivity index is 2.39. The first kappa shape index (κ1) is 5.93. The third kappa shape index (κ3) is 0.929. The summed E-state index contributed by atoms with van der Waals surface area (Å²) < 4.78 is 5.18. The summed E-state index contributed by atoms with van der Waals surface area (Å²) in [5.41, 5.74) is 2.69. The highest BCUT2D eigenvalue weighted by atomic mass is 16.6. The summed E-state index contributed by atoms with van der Waals surface area (Å²) in [7, 11) is 0. The first-order chi connectivity index (χ1) is 4.88. The maximum absolute atomic E-state index is 5.18. The maximum Gasteiger partial charge on any atom is 0.106 e. The Kier molecular flexibility index (Phi) is 1.24. The molecule has 0 amide bonds. The SMILES string of the molecule is Cc1ccccc1[C@@H]1CO1. The normalized spacial score (nSPS) is 22.7. The molecular weight excluding hydrogens is 124 g/mol. The Morgan fingerprint density at radius 3 is 2.70 bits per heavy atom. The minimum absolute atomic E-state index is 0.404. The van der Waals surface area contributed by atoms with Crippen molar-refractivity contribution in [2.45, 2.75) is 13.0 Å². The second-order valence-electron chi connectivity index (χ2n) is 2.68. The smallest absolute Gasteiger partial charge is 0.106 e. The standard InChI is InChI=1S/C9H10O/c1-7-4-2-3-5-8(7)9-6-10-9/h2-5,9H,6H2,1H3/t9-/m0/s1. The molecule has 1 atom stereocenters. The Bertz CT molecular complexity index is 238. The first-order valence-electron chi connectivity index (χ1n) is 3.55. The summed E-state index contributed by atoms with van der Waals surface area (Å²) >= 11 is 0. The minimum atomic E-state index is 0.404. The van der Waals surface area contributed by atoms with Gasteiger partial charge in [0.15, 0.2) is 0 Å². The lowest BCUT2D eigenvalue weighted by Gasteiger charge is -1.98. The van der Waals surface area contributed by atoms with Crippen LogP contribution < -0.4 is 0 Å². The highest BCUT2D eigenvalue weighted by Crippen LogP contribution is 2.31. The third-order valence-electron chi connectivity index (χ3n) is 1.87. The third-order valence-corrected chi connectivity index (χ3v) is 1.87. The van der Waals surface area contributed by atoms with Crippen molar-refractivity contribution in [1.29, 1.82) is 0 Å². The summed E-state index contributed by atoms with van der Waals surface area (Å²) in [4.78, 5) is 0. The zero-order valence-corrected chi connectivity index (χ0v) is 6.00. The van der Waals surface area contributed by atoms with E-state index in [1.807, 2.05) is 0 Å². The van der Waals surface area contributed by atoms with Gasteiger partial charge in [-0.25, -0.2) is 0 Å². The Hall–Kier alpha value is -0.820. The molecule has 0 aliphatic carbocycles. The predicted molar refractivity (Wildman–Crippen MR) is 39.9 cm³/mol. The molecule has 0 radical (unpaired) electrons. The summed E-state index contributed by atoms with van der Waals surface area (Å²) in [5.74, 6) is 0. The molecule has 1 aliphatic heterocycles. The fraction of sp³-hybridized carbons (Fsp3) is 0.333. The first-order valence-corrected chi connectivity index (χ1v) is 3.55. The lowest BCUT2D eigenvalue weighted by Crippen LogP contribution is -1.83. The molecule has 1 aliphatic rings. The van der Waals surface area contributed by atoms with Gasteiger partial charge in [-0.15, -0.1) is 0 Å². The van der Waals surface area contributed by atoms with Gasteiger partial charge in [0.1, 0.15) is 6.10 Å². The molecule has 1 saturated heterocycles. The highest BCUT2D eigenvalue weighted by molar-refractivity contribution is 5.29. The molecule has 1 aromatic carbocycles. The van der Waals surface area contributed by atoms with Crippen molar-refractivity contribution in [3.8, 4) is 0 Å². The largest absolute Gasteiger partial charge is 0.368 e. The van der Waals surface area contributed by atoms with Crippen LogP contribution in [0, 0.1) is 6.92 Å². The monoisotopic (exact) mass is 134 g/mol. The Labute approximate surface area is 60.6 Å². The number of epoxide rings is 1. The Morgan fingerprint density at radius 2 is 2.10 bits per heavy atom. The van der Waals surface area contributed by atoms with Crippen molar-refractivity contribution in [1.82, 2.24) is 0 Å². The fourth-order valence-corrected chi connectivity index (χ4v) is 1.18. The molecule has 1 heterocycles. The molecule has 0 spiro atoms. The maximum atomic E-state index is 5.18. The van der Waals surface area contributed by atoms with Crippen molar-refractivity contribution in [2.75, 3.05) is 6.61 Å². The van der Waals surface area contributed by atoms with Crippen LogP contribution in [0.25, 0.3) is 0 Å². The molecular formula is C9H10O. The van der Waals surface area contributed by atoms with Crippen LogP contribution in [0.1, 0.15) is 17.2 Å². The van der Waals surface area contributed by atoms with Crippen LogP contribution >= 0.6 is 0 Å². The lowest BCUT2D eigenvalue weighted by atomic mass is 10.1. The molecule has 0 bridgehead atoms. The van der Waals surface area contributed by atoms with E-state index in [0.29, 0.717) is 6.10 Å². The van der Waals surface area contributed by atoms with Gasteiger partial charge in [0.05, 0.1) is 6.61 Å². The van der Waals surface area contributed by atoms with Gasteiger partial charge in [0.25, 0.3) is 0 Å². The van der Waals surface area contributed by atoms with Crippen LogP contribution in [0.2, 0.25) is 0 Å². The van der Waals surface area contributed by atoms with Crippen molar-refractivity contribution in [3.63, 3.8) is 0 Å². The molecule has 0 aromatic heterocycles. The summed E-state index contributed by atoms with van der Waals surface area (Å²) in [6.07, 6.45) is 0.404. The summed E-state index contributed by atoms with van der Waals surface area (Å²) in [6, 6.07) is 8.37. The van der Waals surface area contributed by atoms with Gasteiger partial charge in [-0.3, -0.25) is 0 Å². The molecule has 2 rings (SSSR count). The lowest BCUT2D eigenvalue weighted by molar-refractivity contribution is 0.415. The predicted octanol–water partition coefficient (Wildman–Crippen LogP) is 2.07. The van der Waals surface area contributed by atoms with Gasteiger partial charge in [0.2, 0.25) is 0 Å². The van der Waals surface area contributed by atoms with E-state index < -0.39 is 0 Å². The van der Waals surface area contributed by atoms with Crippen molar-refractivity contribution in [2.24, 2.45) is 0 Å². The molecule has 52 valence electrons. The molecule has 1 nitrogen and oxygen atoms in total. The van der Waals surface area contributed by atoms with Gasteiger partial charge < -0.3 is 4.74 Å². The second kappa shape index (κ2) is 2.10. The quantitative estimate of drug-likeness (QED) is 0.535. The number of benzene rings is 1. The van der Waals surface area contributed by atoms with Crippen LogP contribution in [0.5, 0.6) is 0 Å². The average Bonchev–Trinajstić information content (AvgIpc) is 2.71. The molecule has 1 heteroatoms. The van der Waals surface area contributed by atoms with Gasteiger partial charge in [-0.05, 0) is 18.1 Å². The zero-order valence-electron chi connectivity index (χ0n) is 6.00. The highest BCUT2D eigenvalue weighted by Gasteiger charge is 2.25. The van der Waals surface area contributed by atoms with Crippen molar-refractivity contribution in [3.05, 3.63) is 35.4 Å². The van der Waals surface area contributed by atoms with Gasteiger partial charge >= 0.3 is 0 Å².